The molecule has 0 spiro atoms. The number of alkyl halides is 2. The Bertz CT molecular complexity index is 722. The Labute approximate surface area is 126 Å². The van der Waals surface area contributed by atoms with Crippen LogP contribution in [0.5, 0.6) is 5.75 Å². The predicted molar refractivity (Wildman–Crippen MR) is 71.3 cm³/mol. The molecule has 8 nitrogen and oxygen atoms in total. The third-order valence-electron chi connectivity index (χ3n) is 2.44. The number of hydrogen-bond acceptors (Lipinski definition) is 5. The number of anilines is 1. The smallest absolute Gasteiger partial charge is 0.387 e. The van der Waals surface area contributed by atoms with Gasteiger partial charge in [-0.2, -0.15) is 8.78 Å². The van der Waals surface area contributed by atoms with Crippen LogP contribution in [0, 0.1) is 10.1 Å². The zero-order valence-corrected chi connectivity index (χ0v) is 11.3. The molecular weight excluding hydrogens is 326 g/mol. The number of nitro groups is 1. The van der Waals surface area contributed by atoms with E-state index in [1.807, 2.05) is 5.10 Å². The minimum Gasteiger partial charge on any atom is -0.433 e. The van der Waals surface area contributed by atoms with E-state index in [2.05, 4.69) is 15.2 Å². The molecule has 1 heterocycles. The Hall–Kier alpha value is -2.75. The van der Waals surface area contributed by atoms with Crippen molar-refractivity contribution in [1.29, 1.82) is 0 Å². The molecule has 0 fully saturated rings. The number of amides is 1. The van der Waals surface area contributed by atoms with Crippen molar-refractivity contribution in [3.8, 4) is 5.75 Å². The number of hydrogen-bond donors (Lipinski definition) is 2. The Balaban J connectivity index is 2.24. The molecule has 0 bridgehead atoms. The van der Waals surface area contributed by atoms with Crippen LogP contribution in [0.1, 0.15) is 10.5 Å². The fraction of sp³-hybridized carbons (Fsp3) is 0.0909. The maximum absolute atomic E-state index is 12.3. The van der Waals surface area contributed by atoms with Crippen LogP contribution >= 0.6 is 11.6 Å². The van der Waals surface area contributed by atoms with Crippen molar-refractivity contribution in [2.45, 2.75) is 6.61 Å². The molecule has 0 radical (unpaired) electrons. The highest BCUT2D eigenvalue weighted by molar-refractivity contribution is 6.35. The lowest BCUT2D eigenvalue weighted by Gasteiger charge is -2.10. The lowest BCUT2D eigenvalue weighted by Crippen LogP contribution is -2.14. The number of carbonyl (C=O) groups is 1. The van der Waals surface area contributed by atoms with Crippen molar-refractivity contribution in [2.75, 3.05) is 5.32 Å². The van der Waals surface area contributed by atoms with Crippen molar-refractivity contribution in [2.24, 2.45) is 0 Å². The van der Waals surface area contributed by atoms with Gasteiger partial charge in [-0.25, -0.2) is 0 Å². The summed E-state index contributed by atoms with van der Waals surface area (Å²) in [4.78, 5) is 21.7. The quantitative estimate of drug-likeness (QED) is 0.646. The number of aromatic nitrogens is 2. The summed E-state index contributed by atoms with van der Waals surface area (Å²) >= 11 is 5.66. The van der Waals surface area contributed by atoms with E-state index in [1.54, 1.807) is 0 Å². The molecule has 2 aromatic rings. The summed E-state index contributed by atoms with van der Waals surface area (Å²) in [6, 6.07) is 5.43. The molecule has 0 aliphatic heterocycles. The van der Waals surface area contributed by atoms with E-state index >= 15 is 0 Å². The molecule has 2 N–H and O–H groups in total. The highest BCUT2D eigenvalue weighted by Gasteiger charge is 2.25. The van der Waals surface area contributed by atoms with Gasteiger partial charge in [-0.05, 0) is 17.1 Å². The van der Waals surface area contributed by atoms with Gasteiger partial charge in [-0.3, -0.25) is 4.79 Å². The predicted octanol–water partition coefficient (Wildman–Crippen LogP) is 2.83. The second kappa shape index (κ2) is 6.35. The van der Waals surface area contributed by atoms with Crippen molar-refractivity contribution in [1.82, 2.24) is 10.2 Å². The maximum Gasteiger partial charge on any atom is 0.387 e. The van der Waals surface area contributed by atoms with E-state index < -0.39 is 34.0 Å². The minimum atomic E-state index is -3.08. The number of halogens is 3. The molecule has 1 aromatic heterocycles. The van der Waals surface area contributed by atoms with Gasteiger partial charge in [-0.15, -0.1) is 5.10 Å². The molecule has 0 aliphatic carbocycles. The SMILES string of the molecule is O=C(Nc1ccccc1OC(F)F)c1n[nH]c([N+](=O)[O-])c1Cl. The van der Waals surface area contributed by atoms with Crippen molar-refractivity contribution in [3.05, 3.63) is 45.1 Å². The number of rotatable bonds is 5. The number of ether oxygens (including phenoxy) is 1. The minimum absolute atomic E-state index is 0.0606. The summed E-state index contributed by atoms with van der Waals surface area (Å²) in [7, 11) is 0. The first-order valence-corrected chi connectivity index (χ1v) is 6.01. The van der Waals surface area contributed by atoms with Gasteiger partial charge in [0.05, 0.1) is 5.69 Å². The monoisotopic (exact) mass is 332 g/mol. The molecular formula is C11H7ClF2N4O4. The molecule has 11 heteroatoms. The number of carbonyl (C=O) groups excluding carboxylic acids is 1. The first kappa shape index (κ1) is 15.6. The highest BCUT2D eigenvalue weighted by atomic mass is 35.5. The van der Waals surface area contributed by atoms with Gasteiger partial charge in [0.1, 0.15) is 5.75 Å². The van der Waals surface area contributed by atoms with E-state index in [4.69, 9.17) is 11.6 Å². The zero-order valence-electron chi connectivity index (χ0n) is 10.5. The molecule has 116 valence electrons. The molecule has 0 aliphatic rings. The second-order valence-electron chi connectivity index (χ2n) is 3.82. The fourth-order valence-electron chi connectivity index (χ4n) is 1.54. The average molecular weight is 333 g/mol. The van der Waals surface area contributed by atoms with Gasteiger partial charge in [0, 0.05) is 0 Å². The van der Waals surface area contributed by atoms with Crippen molar-refractivity contribution < 1.29 is 23.2 Å². The lowest BCUT2D eigenvalue weighted by atomic mass is 10.3. The molecule has 0 saturated heterocycles. The van der Waals surface area contributed by atoms with Crippen LogP contribution in [0.2, 0.25) is 5.02 Å². The molecule has 1 amide bonds. The van der Waals surface area contributed by atoms with Crippen LogP contribution in [0.4, 0.5) is 20.3 Å². The Kier molecular flexibility index (Phi) is 4.51. The van der Waals surface area contributed by atoms with Gasteiger partial charge >= 0.3 is 12.4 Å². The van der Waals surface area contributed by atoms with Crippen LogP contribution in [0.25, 0.3) is 0 Å². The first-order chi connectivity index (χ1) is 10.4. The highest BCUT2D eigenvalue weighted by Crippen LogP contribution is 2.28. The summed E-state index contributed by atoms with van der Waals surface area (Å²) in [5, 5.41) is 17.8. The van der Waals surface area contributed by atoms with Gasteiger partial charge in [-0.1, -0.05) is 28.8 Å². The van der Waals surface area contributed by atoms with E-state index in [-0.39, 0.29) is 11.4 Å². The van der Waals surface area contributed by atoms with Crippen LogP contribution in [-0.4, -0.2) is 27.6 Å². The normalized spacial score (nSPS) is 10.5. The summed E-state index contributed by atoms with van der Waals surface area (Å²) in [5.41, 5.74) is -0.505. The first-order valence-electron chi connectivity index (χ1n) is 5.63. The molecule has 0 saturated carbocycles. The number of benzene rings is 1. The lowest BCUT2D eigenvalue weighted by molar-refractivity contribution is -0.389. The van der Waals surface area contributed by atoms with Gasteiger partial charge in [0.15, 0.2) is 10.7 Å². The molecule has 0 atom stereocenters. The summed E-state index contributed by atoms with van der Waals surface area (Å²) in [5.74, 6) is -1.84. The molecule has 1 aromatic carbocycles. The van der Waals surface area contributed by atoms with E-state index in [0.717, 1.165) is 0 Å². The van der Waals surface area contributed by atoms with Crippen LogP contribution < -0.4 is 10.1 Å². The third kappa shape index (κ3) is 3.28. The number of nitrogens with one attached hydrogen (secondary N) is 2. The zero-order chi connectivity index (χ0) is 16.3. The van der Waals surface area contributed by atoms with Crippen molar-refractivity contribution >= 4 is 29.0 Å². The van der Waals surface area contributed by atoms with Crippen LogP contribution in [0.3, 0.4) is 0 Å². The number of aromatic amines is 1. The topological polar surface area (TPSA) is 110 Å². The van der Waals surface area contributed by atoms with Crippen molar-refractivity contribution in [3.63, 3.8) is 0 Å². The van der Waals surface area contributed by atoms with Gasteiger partial charge < -0.3 is 20.2 Å². The van der Waals surface area contributed by atoms with Gasteiger partial charge in [0.2, 0.25) is 0 Å². The number of nitrogens with zero attached hydrogens (tertiary/aromatic N) is 2. The third-order valence-corrected chi connectivity index (χ3v) is 2.80. The Morgan fingerprint density at radius 1 is 1.45 bits per heavy atom. The largest absolute Gasteiger partial charge is 0.433 e. The van der Waals surface area contributed by atoms with Gasteiger partial charge in [0.25, 0.3) is 5.91 Å². The molecule has 0 unspecified atom stereocenters. The Morgan fingerprint density at radius 3 is 2.73 bits per heavy atom. The van der Waals surface area contributed by atoms with Crippen LogP contribution in [0.15, 0.2) is 24.3 Å². The standard InChI is InChI=1S/C11H7ClF2N4O4/c12-7-8(16-17-9(7)18(20)21)10(19)15-5-3-1-2-4-6(5)22-11(13)14/h1-4,11H,(H,15,19)(H,16,17). The molecule has 2 rings (SSSR count). The summed E-state index contributed by atoms with van der Waals surface area (Å²) < 4.78 is 28.8. The van der Waals surface area contributed by atoms with E-state index in [1.165, 1.54) is 24.3 Å². The Morgan fingerprint density at radius 2 is 2.14 bits per heavy atom. The second-order valence-corrected chi connectivity index (χ2v) is 4.20. The number of H-pyrrole nitrogens is 1. The fourth-order valence-corrected chi connectivity index (χ4v) is 1.78. The number of para-hydroxylation sites is 2. The maximum atomic E-state index is 12.3. The van der Waals surface area contributed by atoms with E-state index in [0.29, 0.717) is 0 Å². The van der Waals surface area contributed by atoms with Crippen LogP contribution in [-0.2, 0) is 0 Å². The molecule has 22 heavy (non-hydrogen) atoms. The summed E-state index contributed by atoms with van der Waals surface area (Å²) in [6.07, 6.45) is 0. The van der Waals surface area contributed by atoms with E-state index in [9.17, 15) is 23.7 Å². The average Bonchev–Trinajstić information content (AvgIpc) is 2.82. The summed E-state index contributed by atoms with van der Waals surface area (Å²) in [6.45, 7) is -3.08.